The number of hydrogen-bond acceptors (Lipinski definition) is 4. The largest absolute Gasteiger partial charge is 0.455 e. The number of nitrogens with one attached hydrogen (secondary N) is 3. The number of H-pyrrole nitrogens is 1. The van der Waals surface area contributed by atoms with Crippen molar-refractivity contribution in [2.75, 3.05) is 6.61 Å². The van der Waals surface area contributed by atoms with E-state index in [0.717, 1.165) is 42.1 Å². The van der Waals surface area contributed by atoms with Crippen molar-refractivity contribution in [3.63, 3.8) is 0 Å². The Labute approximate surface area is 151 Å². The minimum Gasteiger partial charge on any atom is -0.455 e. The Bertz CT molecular complexity index is 793. The fourth-order valence-corrected chi connectivity index (χ4v) is 3.26. The van der Waals surface area contributed by atoms with E-state index in [1.165, 1.54) is 6.42 Å². The van der Waals surface area contributed by atoms with Gasteiger partial charge in [-0.2, -0.15) is 0 Å². The SMILES string of the molecule is O=C(COC(=O)Cc1c[nH]c2ccccc12)NC(=O)NC1CCCCC1. The third-order valence-electron chi connectivity index (χ3n) is 4.57. The molecule has 0 atom stereocenters. The van der Waals surface area contributed by atoms with E-state index in [-0.39, 0.29) is 12.5 Å². The summed E-state index contributed by atoms with van der Waals surface area (Å²) in [4.78, 5) is 38.6. The third-order valence-corrected chi connectivity index (χ3v) is 4.57. The maximum Gasteiger partial charge on any atom is 0.321 e. The molecule has 0 saturated heterocycles. The van der Waals surface area contributed by atoms with Gasteiger partial charge in [-0.15, -0.1) is 0 Å². The second-order valence-corrected chi connectivity index (χ2v) is 6.55. The lowest BCUT2D eigenvalue weighted by molar-refractivity contribution is -0.147. The van der Waals surface area contributed by atoms with Crippen LogP contribution in [0.3, 0.4) is 0 Å². The quantitative estimate of drug-likeness (QED) is 0.715. The molecule has 3 rings (SSSR count). The molecule has 7 nitrogen and oxygen atoms in total. The number of rotatable bonds is 5. The summed E-state index contributed by atoms with van der Waals surface area (Å²) in [5.74, 6) is -1.15. The molecule has 138 valence electrons. The number of carbonyl (C=O) groups excluding carboxylic acids is 3. The number of hydrogen-bond donors (Lipinski definition) is 3. The Morgan fingerprint density at radius 2 is 1.88 bits per heavy atom. The molecule has 1 aromatic heterocycles. The second kappa shape index (κ2) is 8.51. The molecule has 0 spiro atoms. The molecule has 0 radical (unpaired) electrons. The molecule has 1 saturated carbocycles. The van der Waals surface area contributed by atoms with E-state index in [4.69, 9.17) is 4.74 Å². The van der Waals surface area contributed by atoms with Crippen molar-refractivity contribution in [1.82, 2.24) is 15.6 Å². The van der Waals surface area contributed by atoms with Crippen molar-refractivity contribution in [2.24, 2.45) is 0 Å². The first-order valence-electron chi connectivity index (χ1n) is 8.93. The molecule has 0 bridgehead atoms. The highest BCUT2D eigenvalue weighted by molar-refractivity contribution is 5.96. The van der Waals surface area contributed by atoms with Gasteiger partial charge >= 0.3 is 12.0 Å². The molecule has 0 unspecified atom stereocenters. The summed E-state index contributed by atoms with van der Waals surface area (Å²) in [5.41, 5.74) is 1.74. The number of esters is 1. The van der Waals surface area contributed by atoms with Gasteiger partial charge in [-0.05, 0) is 24.5 Å². The molecule has 1 aliphatic carbocycles. The molecule has 1 aliphatic rings. The molecule has 1 heterocycles. The van der Waals surface area contributed by atoms with Gasteiger partial charge in [-0.25, -0.2) is 4.79 Å². The first-order chi connectivity index (χ1) is 12.6. The maximum absolute atomic E-state index is 11.9. The normalized spacial score (nSPS) is 14.8. The van der Waals surface area contributed by atoms with E-state index >= 15 is 0 Å². The van der Waals surface area contributed by atoms with Crippen molar-refractivity contribution in [1.29, 1.82) is 0 Å². The van der Waals surface area contributed by atoms with Crippen LogP contribution in [0.1, 0.15) is 37.7 Å². The van der Waals surface area contributed by atoms with Crippen LogP contribution in [0, 0.1) is 0 Å². The van der Waals surface area contributed by atoms with E-state index in [9.17, 15) is 14.4 Å². The van der Waals surface area contributed by atoms with Crippen LogP contribution >= 0.6 is 0 Å². The Hall–Kier alpha value is -2.83. The van der Waals surface area contributed by atoms with Crippen LogP contribution < -0.4 is 10.6 Å². The number of imide groups is 1. The lowest BCUT2D eigenvalue weighted by Gasteiger charge is -2.22. The first kappa shape index (κ1) is 18.0. The van der Waals surface area contributed by atoms with Crippen LogP contribution in [-0.4, -0.2) is 35.5 Å². The fourth-order valence-electron chi connectivity index (χ4n) is 3.26. The van der Waals surface area contributed by atoms with Gasteiger partial charge in [0.05, 0.1) is 6.42 Å². The topological polar surface area (TPSA) is 100 Å². The summed E-state index contributed by atoms with van der Waals surface area (Å²) in [6.07, 6.45) is 7.04. The average molecular weight is 357 g/mol. The highest BCUT2D eigenvalue weighted by atomic mass is 16.5. The average Bonchev–Trinajstić information content (AvgIpc) is 3.04. The Kier molecular flexibility index (Phi) is 5.88. The Morgan fingerprint density at radius 3 is 2.69 bits per heavy atom. The predicted octanol–water partition coefficient (Wildman–Crippen LogP) is 2.41. The van der Waals surface area contributed by atoms with Gasteiger partial charge in [0.2, 0.25) is 0 Å². The van der Waals surface area contributed by atoms with E-state index in [0.29, 0.717) is 0 Å². The number of urea groups is 1. The number of amides is 3. The summed E-state index contributed by atoms with van der Waals surface area (Å²) in [6.45, 7) is -0.473. The summed E-state index contributed by atoms with van der Waals surface area (Å²) in [6, 6.07) is 7.21. The van der Waals surface area contributed by atoms with Gasteiger partial charge in [-0.1, -0.05) is 37.5 Å². The Morgan fingerprint density at radius 1 is 1.12 bits per heavy atom. The molecular weight excluding hydrogens is 334 g/mol. The minimum absolute atomic E-state index is 0.0611. The van der Waals surface area contributed by atoms with Crippen LogP contribution in [0.2, 0.25) is 0 Å². The molecule has 1 fully saturated rings. The van der Waals surface area contributed by atoms with Gasteiger partial charge in [-0.3, -0.25) is 14.9 Å². The molecule has 3 N–H and O–H groups in total. The van der Waals surface area contributed by atoms with Gasteiger partial charge in [0.1, 0.15) is 0 Å². The molecular formula is C19H23N3O4. The lowest BCUT2D eigenvalue weighted by Crippen LogP contribution is -2.46. The van der Waals surface area contributed by atoms with Gasteiger partial charge in [0, 0.05) is 23.1 Å². The molecule has 2 aromatic rings. The number of para-hydroxylation sites is 1. The zero-order valence-corrected chi connectivity index (χ0v) is 14.5. The van der Waals surface area contributed by atoms with E-state index in [1.54, 1.807) is 6.20 Å². The van der Waals surface area contributed by atoms with Crippen molar-refractivity contribution in [3.8, 4) is 0 Å². The zero-order chi connectivity index (χ0) is 18.4. The van der Waals surface area contributed by atoms with Crippen molar-refractivity contribution < 1.29 is 19.1 Å². The number of benzene rings is 1. The van der Waals surface area contributed by atoms with E-state index in [2.05, 4.69) is 15.6 Å². The monoisotopic (exact) mass is 357 g/mol. The highest BCUT2D eigenvalue weighted by Gasteiger charge is 2.18. The molecule has 7 heteroatoms. The second-order valence-electron chi connectivity index (χ2n) is 6.55. The lowest BCUT2D eigenvalue weighted by atomic mass is 9.96. The van der Waals surface area contributed by atoms with Crippen LogP contribution in [0.15, 0.2) is 30.5 Å². The summed E-state index contributed by atoms with van der Waals surface area (Å²) >= 11 is 0. The number of ether oxygens (including phenoxy) is 1. The zero-order valence-electron chi connectivity index (χ0n) is 14.5. The smallest absolute Gasteiger partial charge is 0.321 e. The van der Waals surface area contributed by atoms with Crippen LogP contribution in [0.4, 0.5) is 4.79 Å². The fraction of sp³-hybridized carbons (Fsp3) is 0.421. The van der Waals surface area contributed by atoms with Gasteiger partial charge in [0.25, 0.3) is 5.91 Å². The minimum atomic E-state index is -0.634. The van der Waals surface area contributed by atoms with Crippen molar-refractivity contribution in [2.45, 2.75) is 44.6 Å². The van der Waals surface area contributed by atoms with Gasteiger partial charge in [0.15, 0.2) is 6.61 Å². The molecule has 26 heavy (non-hydrogen) atoms. The van der Waals surface area contributed by atoms with E-state index < -0.39 is 24.5 Å². The summed E-state index contributed by atoms with van der Waals surface area (Å²) < 4.78 is 4.97. The standard InChI is InChI=1S/C19H23N3O4/c23-17(22-19(25)21-14-6-2-1-3-7-14)12-26-18(24)10-13-11-20-16-9-5-4-8-15(13)16/h4-5,8-9,11,14,20H,1-3,6-7,10,12H2,(H2,21,22,23,25). The summed E-state index contributed by atoms with van der Waals surface area (Å²) in [7, 11) is 0. The number of fused-ring (bicyclic) bond motifs is 1. The highest BCUT2D eigenvalue weighted by Crippen LogP contribution is 2.18. The van der Waals surface area contributed by atoms with Crippen LogP contribution in [0.5, 0.6) is 0 Å². The van der Waals surface area contributed by atoms with Crippen molar-refractivity contribution in [3.05, 3.63) is 36.0 Å². The first-order valence-corrected chi connectivity index (χ1v) is 8.93. The third kappa shape index (κ3) is 4.84. The van der Waals surface area contributed by atoms with Gasteiger partial charge < -0.3 is 15.0 Å². The van der Waals surface area contributed by atoms with Crippen LogP contribution in [0.25, 0.3) is 10.9 Å². The van der Waals surface area contributed by atoms with Crippen LogP contribution in [-0.2, 0) is 20.7 Å². The Balaban J connectivity index is 1.41. The number of carbonyl (C=O) groups is 3. The molecule has 1 aromatic carbocycles. The summed E-state index contributed by atoms with van der Waals surface area (Å²) in [5, 5.41) is 5.92. The molecule has 3 amide bonds. The predicted molar refractivity (Wildman–Crippen MR) is 96.5 cm³/mol. The number of aromatic nitrogens is 1. The molecule has 0 aliphatic heterocycles. The van der Waals surface area contributed by atoms with E-state index in [1.807, 2.05) is 24.3 Å². The maximum atomic E-state index is 11.9. The van der Waals surface area contributed by atoms with Crippen molar-refractivity contribution >= 4 is 28.8 Å². The number of aromatic amines is 1.